The van der Waals surface area contributed by atoms with Gasteiger partial charge in [0.2, 0.25) is 0 Å². The molecule has 6 atom stereocenters. The van der Waals surface area contributed by atoms with Crippen LogP contribution in [0.4, 0.5) is 0 Å². The molecule has 0 aliphatic heterocycles. The molecule has 0 aromatic heterocycles. The second kappa shape index (κ2) is 9.30. The molecule has 0 aromatic rings. The van der Waals surface area contributed by atoms with Gasteiger partial charge in [0.25, 0.3) is 0 Å². The Morgan fingerprint density at radius 3 is 2.63 bits per heavy atom. The summed E-state index contributed by atoms with van der Waals surface area (Å²) in [7, 11) is 0. The lowest BCUT2D eigenvalue weighted by Crippen LogP contribution is -2.47. The second-order valence-electron chi connectivity index (χ2n) is 11.3. The van der Waals surface area contributed by atoms with E-state index >= 15 is 0 Å². The molecule has 30 heavy (non-hydrogen) atoms. The molecule has 3 N–H and O–H groups in total. The highest BCUT2D eigenvalue weighted by Crippen LogP contribution is 2.60. The molecule has 0 saturated heterocycles. The molecular weight excluding hydrogens is 372 g/mol. The van der Waals surface area contributed by atoms with Crippen LogP contribution in [0.3, 0.4) is 0 Å². The molecule has 3 fully saturated rings. The van der Waals surface area contributed by atoms with Crippen LogP contribution in [0.15, 0.2) is 35.5 Å². The van der Waals surface area contributed by atoms with Gasteiger partial charge in [0.1, 0.15) is 0 Å². The van der Waals surface area contributed by atoms with Crippen molar-refractivity contribution in [1.29, 1.82) is 0 Å². The Labute approximate surface area is 184 Å². The minimum Gasteiger partial charge on any atom is -0.393 e. The number of hydrogen-bond acceptors (Lipinski definition) is 3. The average Bonchev–Trinajstić information content (AvgIpc) is 2.99. The Hall–Kier alpha value is -0.900. The van der Waals surface area contributed by atoms with Crippen LogP contribution in [-0.2, 0) is 0 Å². The van der Waals surface area contributed by atoms with E-state index in [-0.39, 0.29) is 17.4 Å². The summed E-state index contributed by atoms with van der Waals surface area (Å²) in [4.78, 5) is 0. The van der Waals surface area contributed by atoms with E-state index in [1.165, 1.54) is 16.7 Å². The van der Waals surface area contributed by atoms with Crippen LogP contribution in [-0.4, -0.2) is 33.1 Å². The highest BCUT2D eigenvalue weighted by molar-refractivity contribution is 5.36. The minimum absolute atomic E-state index is 0.0900. The van der Waals surface area contributed by atoms with Crippen molar-refractivity contribution in [3.8, 4) is 0 Å². The Morgan fingerprint density at radius 2 is 1.93 bits per heavy atom. The van der Waals surface area contributed by atoms with E-state index in [9.17, 15) is 15.3 Å². The molecule has 0 bridgehead atoms. The van der Waals surface area contributed by atoms with Crippen LogP contribution in [0.1, 0.15) is 91.9 Å². The van der Waals surface area contributed by atoms with Gasteiger partial charge in [-0.1, -0.05) is 50.6 Å². The molecule has 3 saturated carbocycles. The van der Waals surface area contributed by atoms with Gasteiger partial charge in [0.05, 0.1) is 17.8 Å². The molecule has 3 aliphatic carbocycles. The van der Waals surface area contributed by atoms with Gasteiger partial charge in [-0.2, -0.15) is 0 Å². The van der Waals surface area contributed by atoms with E-state index < -0.39 is 11.7 Å². The van der Waals surface area contributed by atoms with Crippen LogP contribution in [0.2, 0.25) is 0 Å². The number of allylic oxidation sites excluding steroid dienone is 4. The van der Waals surface area contributed by atoms with Crippen LogP contribution in [0, 0.1) is 23.2 Å². The first kappa shape index (κ1) is 23.8. The molecule has 0 heterocycles. The van der Waals surface area contributed by atoms with Gasteiger partial charge in [-0.25, -0.2) is 0 Å². The third-order valence-electron chi connectivity index (χ3n) is 8.30. The summed E-state index contributed by atoms with van der Waals surface area (Å²) in [5.74, 6) is 1.16. The van der Waals surface area contributed by atoms with Gasteiger partial charge < -0.3 is 15.3 Å². The maximum atomic E-state index is 11.5. The predicted molar refractivity (Wildman–Crippen MR) is 124 cm³/mol. The zero-order valence-electron chi connectivity index (χ0n) is 19.7. The fourth-order valence-corrected chi connectivity index (χ4v) is 6.90. The summed E-state index contributed by atoms with van der Waals surface area (Å²) < 4.78 is 0. The van der Waals surface area contributed by atoms with Crippen molar-refractivity contribution in [2.24, 2.45) is 23.2 Å². The monoisotopic (exact) mass is 416 g/mol. The molecule has 0 radical (unpaired) electrons. The Bertz CT molecular complexity index is 686. The standard InChI is InChI=1S/C27H44O3/c1-18(2)15-23(29)17-27(5,30)25-13-12-24-20(7-6-14-26(24,25)4)9-10-21-16-22(28)11-8-19(21)3/h9-10,18,22-25,28-30H,3,6-8,11-17H2,1-2,4-5H3/b20-9+,21-10-/t22-,23?,24-,25-,26-,27-/m0/s1. The van der Waals surface area contributed by atoms with Crippen LogP contribution < -0.4 is 0 Å². The average molecular weight is 417 g/mol. The lowest BCUT2D eigenvalue weighted by molar-refractivity contribution is -0.0867. The maximum Gasteiger partial charge on any atom is 0.0677 e. The molecule has 0 aromatic carbocycles. The van der Waals surface area contributed by atoms with Crippen LogP contribution >= 0.6 is 0 Å². The Morgan fingerprint density at radius 1 is 1.20 bits per heavy atom. The molecule has 0 amide bonds. The fraction of sp³-hybridized carbons (Fsp3) is 0.778. The molecule has 3 heteroatoms. The predicted octanol–water partition coefficient (Wildman–Crippen LogP) is 5.70. The van der Waals surface area contributed by atoms with Crippen molar-refractivity contribution in [3.05, 3.63) is 35.5 Å². The van der Waals surface area contributed by atoms with Crippen molar-refractivity contribution in [3.63, 3.8) is 0 Å². The summed E-state index contributed by atoms with van der Waals surface area (Å²) in [6, 6.07) is 0. The first-order valence-corrected chi connectivity index (χ1v) is 12.2. The highest BCUT2D eigenvalue weighted by atomic mass is 16.3. The summed E-state index contributed by atoms with van der Waals surface area (Å²) >= 11 is 0. The number of hydrogen-bond donors (Lipinski definition) is 3. The summed E-state index contributed by atoms with van der Waals surface area (Å²) in [6.45, 7) is 12.8. The molecule has 3 nitrogen and oxygen atoms in total. The first-order valence-electron chi connectivity index (χ1n) is 12.2. The quantitative estimate of drug-likeness (QED) is 0.520. The van der Waals surface area contributed by atoms with E-state index in [2.05, 4.69) is 39.5 Å². The summed E-state index contributed by atoms with van der Waals surface area (Å²) in [5, 5.41) is 32.0. The van der Waals surface area contributed by atoms with E-state index in [4.69, 9.17) is 0 Å². The Kier molecular flexibility index (Phi) is 7.37. The minimum atomic E-state index is -0.833. The van der Waals surface area contributed by atoms with Crippen molar-refractivity contribution in [2.75, 3.05) is 0 Å². The van der Waals surface area contributed by atoms with E-state index in [1.54, 1.807) is 0 Å². The molecule has 3 aliphatic rings. The molecule has 170 valence electrons. The largest absolute Gasteiger partial charge is 0.393 e. The third kappa shape index (κ3) is 5.11. The second-order valence-corrected chi connectivity index (χ2v) is 11.3. The van der Waals surface area contributed by atoms with Gasteiger partial charge in [0.15, 0.2) is 0 Å². The van der Waals surface area contributed by atoms with Gasteiger partial charge >= 0.3 is 0 Å². The molecular formula is C27H44O3. The first-order chi connectivity index (χ1) is 14.0. The van der Waals surface area contributed by atoms with Crippen molar-refractivity contribution in [1.82, 2.24) is 0 Å². The zero-order chi connectivity index (χ0) is 22.1. The maximum absolute atomic E-state index is 11.5. The van der Waals surface area contributed by atoms with Crippen molar-refractivity contribution >= 4 is 0 Å². The van der Waals surface area contributed by atoms with Crippen molar-refractivity contribution in [2.45, 2.75) is 110 Å². The van der Waals surface area contributed by atoms with Crippen molar-refractivity contribution < 1.29 is 15.3 Å². The van der Waals surface area contributed by atoms with Gasteiger partial charge in [-0.15, -0.1) is 0 Å². The number of aliphatic hydroxyl groups excluding tert-OH is 2. The highest BCUT2D eigenvalue weighted by Gasteiger charge is 2.55. The third-order valence-corrected chi connectivity index (χ3v) is 8.30. The zero-order valence-corrected chi connectivity index (χ0v) is 19.7. The lowest BCUT2D eigenvalue weighted by atomic mass is 9.59. The fourth-order valence-electron chi connectivity index (χ4n) is 6.90. The summed E-state index contributed by atoms with van der Waals surface area (Å²) in [6.07, 6.45) is 13.1. The van der Waals surface area contributed by atoms with E-state index in [1.807, 2.05) is 6.92 Å². The normalized spacial score (nSPS) is 38.1. The summed E-state index contributed by atoms with van der Waals surface area (Å²) in [5.41, 5.74) is 3.13. The Balaban J connectivity index is 1.77. The van der Waals surface area contributed by atoms with E-state index in [0.717, 1.165) is 57.8 Å². The van der Waals surface area contributed by atoms with Crippen LogP contribution in [0.25, 0.3) is 0 Å². The lowest BCUT2D eigenvalue weighted by Gasteiger charge is -2.47. The van der Waals surface area contributed by atoms with Gasteiger partial charge in [-0.3, -0.25) is 0 Å². The SMILES string of the molecule is C=C1CC[C@H](O)C/C1=C/C=C1\CCC[C@@]2(C)[C@H]1CC[C@@H]2[C@@](C)(O)CC(O)CC(C)C. The molecule has 3 rings (SSSR count). The van der Waals surface area contributed by atoms with Crippen LogP contribution in [0.5, 0.6) is 0 Å². The van der Waals surface area contributed by atoms with E-state index in [0.29, 0.717) is 18.3 Å². The topological polar surface area (TPSA) is 60.7 Å². The number of fused-ring (bicyclic) bond motifs is 1. The smallest absolute Gasteiger partial charge is 0.0677 e. The van der Waals surface area contributed by atoms with Gasteiger partial charge in [0, 0.05) is 6.42 Å². The molecule has 0 spiro atoms. The number of rotatable bonds is 6. The molecule has 1 unspecified atom stereocenters. The van der Waals surface area contributed by atoms with Gasteiger partial charge in [-0.05, 0) is 93.5 Å². The number of aliphatic hydroxyl groups is 3.